The molecule has 1 nitrogen and oxygen atoms in total. The van der Waals surface area contributed by atoms with Crippen molar-refractivity contribution >= 4 is 14.5 Å². The highest BCUT2D eigenvalue weighted by atomic mass is 31.2. The second kappa shape index (κ2) is 4.36. The van der Waals surface area contributed by atoms with Crippen molar-refractivity contribution in [2.24, 2.45) is 0 Å². The van der Waals surface area contributed by atoms with Crippen LogP contribution in [0.15, 0.2) is 0 Å². The van der Waals surface area contributed by atoms with E-state index in [0.717, 1.165) is 6.42 Å². The van der Waals surface area contributed by atoms with Crippen LogP contribution >= 0.6 is 14.5 Å². The third-order valence-electron chi connectivity index (χ3n) is 1.95. The Bertz CT molecular complexity index is 132. The summed E-state index contributed by atoms with van der Waals surface area (Å²) in [4.78, 5) is 0. The molecule has 0 aromatic rings. The second-order valence-electron chi connectivity index (χ2n) is 5.40. The van der Waals surface area contributed by atoms with Crippen LogP contribution in [-0.2, 0) is 0 Å². The first kappa shape index (κ1) is 12.8. The van der Waals surface area contributed by atoms with E-state index >= 15 is 0 Å². The molecule has 0 aliphatic carbocycles. The van der Waals surface area contributed by atoms with E-state index in [1.807, 2.05) is 0 Å². The molecule has 0 aromatic heterocycles. The molecular weight excluding hydrogens is 186 g/mol. The van der Waals surface area contributed by atoms with Crippen LogP contribution in [0.1, 0.15) is 6.42 Å². The Kier molecular flexibility index (Phi) is 4.66. The van der Waals surface area contributed by atoms with Gasteiger partial charge in [-0.25, -0.2) is 0 Å². The van der Waals surface area contributed by atoms with Gasteiger partial charge in [0.1, 0.15) is 0 Å². The van der Waals surface area contributed by atoms with Gasteiger partial charge in [-0.1, -0.05) is 0 Å². The highest BCUT2D eigenvalue weighted by Crippen LogP contribution is 2.55. The standard InChI is InChI=1S/C9H24OP2/c1-11(2,3)8-7-9(10)12(4,5)6/h9-10H,7-8H2,1-6H3/q+2. The van der Waals surface area contributed by atoms with E-state index in [2.05, 4.69) is 40.0 Å². The van der Waals surface area contributed by atoms with E-state index in [1.165, 1.54) is 6.16 Å². The second-order valence-corrected chi connectivity index (χ2v) is 15.3. The molecule has 0 aliphatic heterocycles. The lowest BCUT2D eigenvalue weighted by Gasteiger charge is -2.20. The zero-order chi connectivity index (χ0) is 9.99. The molecule has 0 radical (unpaired) electrons. The Morgan fingerprint density at radius 1 is 1.00 bits per heavy atom. The quantitative estimate of drug-likeness (QED) is 0.707. The Morgan fingerprint density at radius 2 is 1.42 bits per heavy atom. The predicted octanol–water partition coefficient (Wildman–Crippen LogP) is 2.51. The summed E-state index contributed by atoms with van der Waals surface area (Å²) in [5.41, 5.74) is 0. The van der Waals surface area contributed by atoms with Crippen molar-refractivity contribution in [2.45, 2.75) is 12.3 Å². The summed E-state index contributed by atoms with van der Waals surface area (Å²) in [6.07, 6.45) is 2.24. The van der Waals surface area contributed by atoms with Crippen molar-refractivity contribution < 1.29 is 5.11 Å². The first-order valence-corrected chi connectivity index (χ1v) is 10.9. The summed E-state index contributed by atoms with van der Waals surface area (Å²) in [7, 11) is -1.70. The zero-order valence-corrected chi connectivity index (χ0v) is 11.1. The summed E-state index contributed by atoms with van der Waals surface area (Å²) in [5, 5.41) is 9.82. The van der Waals surface area contributed by atoms with E-state index in [-0.39, 0.29) is 5.85 Å². The van der Waals surface area contributed by atoms with Crippen molar-refractivity contribution in [1.82, 2.24) is 0 Å². The lowest BCUT2D eigenvalue weighted by molar-refractivity contribution is 0.252. The molecule has 0 bridgehead atoms. The minimum Gasteiger partial charge on any atom is -0.359 e. The molecule has 0 saturated carbocycles. The van der Waals surface area contributed by atoms with Crippen molar-refractivity contribution in [3.8, 4) is 0 Å². The van der Waals surface area contributed by atoms with Gasteiger partial charge in [-0.05, 0) is 0 Å². The summed E-state index contributed by atoms with van der Waals surface area (Å²) in [6.45, 7) is 13.6. The average Bonchev–Trinajstić information content (AvgIpc) is 1.78. The Hall–Kier alpha value is 0.820. The number of aliphatic hydroxyl groups is 1. The molecule has 74 valence electrons. The monoisotopic (exact) mass is 210 g/mol. The Morgan fingerprint density at radius 3 is 1.67 bits per heavy atom. The van der Waals surface area contributed by atoms with Crippen molar-refractivity contribution in [3.05, 3.63) is 0 Å². The lowest BCUT2D eigenvalue weighted by atomic mass is 10.5. The van der Waals surface area contributed by atoms with Crippen LogP contribution in [0.4, 0.5) is 0 Å². The first-order chi connectivity index (χ1) is 5.13. The smallest absolute Gasteiger partial charge is 0.166 e. The third kappa shape index (κ3) is 6.35. The fraction of sp³-hybridized carbons (Fsp3) is 1.00. The van der Waals surface area contributed by atoms with E-state index in [4.69, 9.17) is 0 Å². The molecule has 0 saturated heterocycles. The fourth-order valence-corrected chi connectivity index (χ4v) is 3.02. The van der Waals surface area contributed by atoms with Crippen LogP contribution in [0.3, 0.4) is 0 Å². The van der Waals surface area contributed by atoms with Crippen LogP contribution in [0.5, 0.6) is 0 Å². The molecular formula is C9H24OP2+2. The molecule has 0 amide bonds. The van der Waals surface area contributed by atoms with Crippen LogP contribution < -0.4 is 0 Å². The van der Waals surface area contributed by atoms with Crippen molar-refractivity contribution in [3.63, 3.8) is 0 Å². The molecule has 0 aromatic carbocycles. The molecule has 1 N–H and O–H groups in total. The third-order valence-corrected chi connectivity index (χ3v) is 5.60. The number of rotatable bonds is 4. The zero-order valence-electron chi connectivity index (χ0n) is 9.33. The van der Waals surface area contributed by atoms with Crippen molar-refractivity contribution in [1.29, 1.82) is 0 Å². The topological polar surface area (TPSA) is 20.2 Å². The summed E-state index contributed by atoms with van der Waals surface area (Å²) in [5.74, 6) is -0.0308. The molecule has 1 unspecified atom stereocenters. The largest absolute Gasteiger partial charge is 0.359 e. The van der Waals surface area contributed by atoms with Gasteiger partial charge in [0.2, 0.25) is 0 Å². The van der Waals surface area contributed by atoms with E-state index in [1.54, 1.807) is 0 Å². The maximum Gasteiger partial charge on any atom is 0.166 e. The van der Waals surface area contributed by atoms with E-state index in [0.29, 0.717) is 0 Å². The van der Waals surface area contributed by atoms with Gasteiger partial charge < -0.3 is 5.11 Å². The van der Waals surface area contributed by atoms with Crippen LogP contribution in [0.2, 0.25) is 0 Å². The summed E-state index contributed by atoms with van der Waals surface area (Å²) in [6, 6.07) is 0. The van der Waals surface area contributed by atoms with Gasteiger partial charge >= 0.3 is 0 Å². The minimum atomic E-state index is -1.02. The lowest BCUT2D eigenvalue weighted by Crippen LogP contribution is -2.13. The molecule has 0 aliphatic rings. The highest BCUT2D eigenvalue weighted by Gasteiger charge is 2.31. The average molecular weight is 210 g/mol. The molecule has 12 heavy (non-hydrogen) atoms. The molecule has 1 atom stereocenters. The predicted molar refractivity (Wildman–Crippen MR) is 64.9 cm³/mol. The SMILES string of the molecule is C[P+](C)(C)CCC(O)[P+](C)(C)C. The molecule has 0 heterocycles. The number of hydrogen-bond acceptors (Lipinski definition) is 1. The van der Waals surface area contributed by atoms with Crippen LogP contribution in [-0.4, -0.2) is 57.1 Å². The first-order valence-electron chi connectivity index (χ1n) is 4.42. The van der Waals surface area contributed by atoms with Crippen molar-refractivity contribution in [2.75, 3.05) is 46.2 Å². The molecule has 0 rings (SSSR count). The van der Waals surface area contributed by atoms with Gasteiger partial charge in [0.05, 0.1) is 26.2 Å². The minimum absolute atomic E-state index is 0.0308. The van der Waals surface area contributed by atoms with Gasteiger partial charge in [0, 0.05) is 40.9 Å². The maximum atomic E-state index is 9.82. The van der Waals surface area contributed by atoms with Gasteiger partial charge in [-0.2, -0.15) is 0 Å². The summed E-state index contributed by atoms with van der Waals surface area (Å²) >= 11 is 0. The molecule has 0 fully saturated rings. The van der Waals surface area contributed by atoms with Gasteiger partial charge in [0.15, 0.2) is 5.85 Å². The van der Waals surface area contributed by atoms with Crippen LogP contribution in [0.25, 0.3) is 0 Å². The van der Waals surface area contributed by atoms with Gasteiger partial charge in [0.25, 0.3) is 0 Å². The Labute approximate surface area is 78.6 Å². The van der Waals surface area contributed by atoms with E-state index in [9.17, 15) is 5.11 Å². The summed E-state index contributed by atoms with van der Waals surface area (Å²) < 4.78 is 0. The van der Waals surface area contributed by atoms with Gasteiger partial charge in [-0.15, -0.1) is 0 Å². The van der Waals surface area contributed by atoms with Crippen LogP contribution in [0, 0.1) is 0 Å². The normalized spacial score (nSPS) is 16.2. The number of aliphatic hydroxyl groups excluding tert-OH is 1. The maximum absolute atomic E-state index is 9.82. The Balaban J connectivity index is 3.80. The fourth-order valence-electron chi connectivity index (χ4n) is 0.890. The molecule has 3 heteroatoms. The highest BCUT2D eigenvalue weighted by molar-refractivity contribution is 7.75. The number of hydrogen-bond donors (Lipinski definition) is 1. The molecule has 0 spiro atoms. The van der Waals surface area contributed by atoms with Gasteiger partial charge in [-0.3, -0.25) is 0 Å². The van der Waals surface area contributed by atoms with E-state index < -0.39 is 14.5 Å².